The van der Waals surface area contributed by atoms with Crippen LogP contribution < -0.4 is 19.1 Å². The van der Waals surface area contributed by atoms with E-state index in [1.54, 1.807) is 42.5 Å². The Morgan fingerprint density at radius 1 is 0.903 bits per heavy atom. The van der Waals surface area contributed by atoms with Crippen LogP contribution in [0.3, 0.4) is 0 Å². The predicted octanol–water partition coefficient (Wildman–Crippen LogP) is 3.77. The van der Waals surface area contributed by atoms with Gasteiger partial charge >= 0.3 is 0 Å². The molecule has 1 aliphatic rings. The number of fused-ring (bicyclic) bond motifs is 1. The van der Waals surface area contributed by atoms with E-state index < -0.39 is 10.0 Å². The summed E-state index contributed by atoms with van der Waals surface area (Å²) in [7, 11) is -2.07. The fourth-order valence-electron chi connectivity index (χ4n) is 3.28. The van der Waals surface area contributed by atoms with Gasteiger partial charge in [0.15, 0.2) is 11.5 Å². The maximum Gasteiger partial charge on any atom is 0.255 e. The van der Waals surface area contributed by atoms with Gasteiger partial charge in [0.25, 0.3) is 5.91 Å². The Morgan fingerprint density at radius 3 is 2.26 bits per heavy atom. The Bertz CT molecular complexity index is 1230. The van der Waals surface area contributed by atoms with E-state index in [-0.39, 0.29) is 5.91 Å². The standard InChI is InChI=1S/C23H22N2O5S/c1-25(31(2,27)28)20-10-8-17(18-9-11-21-22(15-18)30-13-12-29-21)14-19(20)24-23(26)16-6-4-3-5-7-16/h3-11,14-15H,12-13H2,1-2H3,(H,24,26). The zero-order valence-electron chi connectivity index (χ0n) is 17.2. The summed E-state index contributed by atoms with van der Waals surface area (Å²) in [5.74, 6) is 1.00. The van der Waals surface area contributed by atoms with Gasteiger partial charge in [-0.15, -0.1) is 0 Å². The van der Waals surface area contributed by atoms with E-state index in [1.807, 2.05) is 24.3 Å². The highest BCUT2D eigenvalue weighted by Crippen LogP contribution is 2.37. The molecular formula is C23H22N2O5S. The van der Waals surface area contributed by atoms with E-state index in [4.69, 9.17) is 9.47 Å². The van der Waals surface area contributed by atoms with Crippen molar-refractivity contribution in [2.75, 3.05) is 36.1 Å². The summed E-state index contributed by atoms with van der Waals surface area (Å²) in [6, 6.07) is 19.6. The molecule has 4 rings (SSSR count). The fraction of sp³-hybridized carbons (Fsp3) is 0.174. The van der Waals surface area contributed by atoms with Crippen LogP contribution in [0, 0.1) is 0 Å². The van der Waals surface area contributed by atoms with Gasteiger partial charge in [-0.3, -0.25) is 9.10 Å². The molecule has 7 nitrogen and oxygen atoms in total. The Kier molecular flexibility index (Phi) is 5.56. The number of nitrogens with one attached hydrogen (secondary N) is 1. The van der Waals surface area contributed by atoms with Crippen LogP contribution in [0.15, 0.2) is 66.7 Å². The molecule has 0 radical (unpaired) electrons. The molecule has 0 unspecified atom stereocenters. The largest absolute Gasteiger partial charge is 0.486 e. The average molecular weight is 439 g/mol. The Labute approximate surface area is 181 Å². The normalized spacial score (nSPS) is 12.8. The third-order valence-electron chi connectivity index (χ3n) is 4.99. The maximum atomic E-state index is 12.8. The second-order valence-corrected chi connectivity index (χ2v) is 9.15. The number of benzene rings is 3. The highest BCUT2D eigenvalue weighted by Gasteiger charge is 2.19. The van der Waals surface area contributed by atoms with Crippen molar-refractivity contribution in [1.29, 1.82) is 0 Å². The Morgan fingerprint density at radius 2 is 1.55 bits per heavy atom. The molecule has 0 fully saturated rings. The van der Waals surface area contributed by atoms with Gasteiger partial charge in [-0.1, -0.05) is 30.3 Å². The van der Waals surface area contributed by atoms with E-state index in [0.29, 0.717) is 41.7 Å². The molecule has 1 heterocycles. The lowest BCUT2D eigenvalue weighted by atomic mass is 10.0. The van der Waals surface area contributed by atoms with Gasteiger partial charge in [-0.2, -0.15) is 0 Å². The van der Waals surface area contributed by atoms with Crippen LogP contribution in [0.5, 0.6) is 11.5 Å². The number of ether oxygens (including phenoxy) is 2. The lowest BCUT2D eigenvalue weighted by Gasteiger charge is -2.22. The van der Waals surface area contributed by atoms with Gasteiger partial charge in [0.1, 0.15) is 13.2 Å². The van der Waals surface area contributed by atoms with E-state index in [1.165, 1.54) is 7.05 Å². The molecule has 1 amide bonds. The summed E-state index contributed by atoms with van der Waals surface area (Å²) in [6.45, 7) is 0.988. The number of carbonyl (C=O) groups is 1. The summed E-state index contributed by atoms with van der Waals surface area (Å²) in [6.07, 6.45) is 1.12. The van der Waals surface area contributed by atoms with Crippen molar-refractivity contribution in [1.82, 2.24) is 0 Å². The quantitative estimate of drug-likeness (QED) is 0.655. The van der Waals surface area contributed by atoms with Crippen molar-refractivity contribution >= 4 is 27.3 Å². The van der Waals surface area contributed by atoms with E-state index in [0.717, 1.165) is 21.7 Å². The molecule has 0 saturated carbocycles. The van der Waals surface area contributed by atoms with Crippen molar-refractivity contribution in [3.8, 4) is 22.6 Å². The molecule has 0 aromatic heterocycles. The first-order chi connectivity index (χ1) is 14.8. The first-order valence-electron chi connectivity index (χ1n) is 9.67. The number of amides is 1. The number of carbonyl (C=O) groups excluding carboxylic acids is 1. The van der Waals surface area contributed by atoms with Gasteiger partial charge in [0.05, 0.1) is 17.6 Å². The van der Waals surface area contributed by atoms with Gasteiger partial charge in [-0.05, 0) is 47.5 Å². The van der Waals surface area contributed by atoms with Gasteiger partial charge in [0.2, 0.25) is 10.0 Å². The molecule has 1 N–H and O–H groups in total. The minimum absolute atomic E-state index is 0.330. The molecule has 31 heavy (non-hydrogen) atoms. The minimum atomic E-state index is -3.52. The van der Waals surface area contributed by atoms with Crippen molar-refractivity contribution < 1.29 is 22.7 Å². The van der Waals surface area contributed by atoms with Gasteiger partial charge in [0, 0.05) is 12.6 Å². The number of sulfonamides is 1. The molecule has 3 aromatic rings. The third-order valence-corrected chi connectivity index (χ3v) is 6.18. The molecule has 160 valence electrons. The number of hydrogen-bond acceptors (Lipinski definition) is 5. The van der Waals surface area contributed by atoms with Gasteiger partial charge < -0.3 is 14.8 Å². The second kappa shape index (κ2) is 8.31. The minimum Gasteiger partial charge on any atom is -0.486 e. The van der Waals surface area contributed by atoms with Crippen LogP contribution in [0.2, 0.25) is 0 Å². The van der Waals surface area contributed by atoms with Crippen LogP contribution in [0.4, 0.5) is 11.4 Å². The first-order valence-corrected chi connectivity index (χ1v) is 11.5. The maximum absolute atomic E-state index is 12.8. The van der Waals surface area contributed by atoms with Crippen LogP contribution >= 0.6 is 0 Å². The first kappa shape index (κ1) is 20.7. The smallest absolute Gasteiger partial charge is 0.255 e. The van der Waals surface area contributed by atoms with Crippen LogP contribution in [0.1, 0.15) is 10.4 Å². The topological polar surface area (TPSA) is 84.9 Å². The van der Waals surface area contributed by atoms with Crippen molar-refractivity contribution in [2.45, 2.75) is 0 Å². The summed E-state index contributed by atoms with van der Waals surface area (Å²) in [4.78, 5) is 12.8. The summed E-state index contributed by atoms with van der Waals surface area (Å²) < 4.78 is 36.7. The molecule has 1 aliphatic heterocycles. The lowest BCUT2D eigenvalue weighted by molar-refractivity contribution is 0.102. The number of anilines is 2. The molecule has 0 aliphatic carbocycles. The SMILES string of the molecule is CN(c1ccc(-c2ccc3c(c2)OCCO3)cc1NC(=O)c1ccccc1)S(C)(=O)=O. The number of nitrogens with zero attached hydrogens (tertiary/aromatic N) is 1. The average Bonchev–Trinajstić information content (AvgIpc) is 2.78. The number of rotatable bonds is 5. The summed E-state index contributed by atoms with van der Waals surface area (Å²) >= 11 is 0. The lowest BCUT2D eigenvalue weighted by Crippen LogP contribution is -2.26. The van der Waals surface area contributed by atoms with E-state index in [9.17, 15) is 13.2 Å². The molecule has 0 bridgehead atoms. The highest BCUT2D eigenvalue weighted by molar-refractivity contribution is 7.92. The van der Waals surface area contributed by atoms with Crippen LogP contribution in [0.25, 0.3) is 11.1 Å². The number of hydrogen-bond donors (Lipinski definition) is 1. The monoisotopic (exact) mass is 438 g/mol. The zero-order chi connectivity index (χ0) is 22.0. The predicted molar refractivity (Wildman–Crippen MR) is 121 cm³/mol. The molecule has 8 heteroatoms. The molecular weight excluding hydrogens is 416 g/mol. The van der Waals surface area contributed by atoms with E-state index in [2.05, 4.69) is 5.32 Å². The highest BCUT2D eigenvalue weighted by atomic mass is 32.2. The van der Waals surface area contributed by atoms with Crippen molar-refractivity contribution in [3.63, 3.8) is 0 Å². The second-order valence-electron chi connectivity index (χ2n) is 7.14. The summed E-state index contributed by atoms with van der Waals surface area (Å²) in [5.41, 5.74) is 2.88. The van der Waals surface area contributed by atoms with E-state index >= 15 is 0 Å². The molecule has 0 saturated heterocycles. The van der Waals surface area contributed by atoms with Crippen molar-refractivity contribution in [2.24, 2.45) is 0 Å². The van der Waals surface area contributed by atoms with Crippen molar-refractivity contribution in [3.05, 3.63) is 72.3 Å². The zero-order valence-corrected chi connectivity index (χ0v) is 18.0. The van der Waals surface area contributed by atoms with Gasteiger partial charge in [-0.25, -0.2) is 8.42 Å². The van der Waals surface area contributed by atoms with Crippen LogP contribution in [-0.4, -0.2) is 40.8 Å². The fourth-order valence-corrected chi connectivity index (χ4v) is 3.79. The molecule has 3 aromatic carbocycles. The Hall–Kier alpha value is -3.52. The molecule has 0 spiro atoms. The third kappa shape index (κ3) is 4.49. The van der Waals surface area contributed by atoms with Crippen LogP contribution in [-0.2, 0) is 10.0 Å². The molecule has 0 atom stereocenters. The summed E-state index contributed by atoms with van der Waals surface area (Å²) in [5, 5.41) is 2.85. The Balaban J connectivity index is 1.75.